The maximum absolute atomic E-state index is 11.8. The van der Waals surface area contributed by atoms with Gasteiger partial charge in [-0.25, -0.2) is 8.78 Å². The topological polar surface area (TPSA) is 39.1 Å². The molecule has 1 unspecified atom stereocenters. The van der Waals surface area contributed by atoms with Crippen LogP contribution in [0.3, 0.4) is 0 Å². The third-order valence-electron chi connectivity index (χ3n) is 2.36. The Labute approximate surface area is 93.6 Å². The van der Waals surface area contributed by atoms with Crippen LogP contribution >= 0.6 is 0 Å². The number of halogens is 2. The zero-order chi connectivity index (χ0) is 12.0. The van der Waals surface area contributed by atoms with E-state index in [1.54, 1.807) is 10.9 Å². The number of hydrogen-bond donors (Lipinski definition) is 1. The zero-order valence-corrected chi connectivity index (χ0v) is 9.49. The van der Waals surface area contributed by atoms with Gasteiger partial charge in [0.15, 0.2) is 0 Å². The summed E-state index contributed by atoms with van der Waals surface area (Å²) in [6, 6.07) is 1.97. The SMILES string of the molecule is CNC(CCOCC(F)F)c1ccnn1C. The summed E-state index contributed by atoms with van der Waals surface area (Å²) in [6.07, 6.45) is -0.0487. The van der Waals surface area contributed by atoms with Gasteiger partial charge in [-0.3, -0.25) is 4.68 Å². The molecular formula is C10H17F2N3O. The zero-order valence-electron chi connectivity index (χ0n) is 9.49. The molecule has 0 aromatic carbocycles. The van der Waals surface area contributed by atoms with E-state index < -0.39 is 13.0 Å². The van der Waals surface area contributed by atoms with Gasteiger partial charge in [-0.1, -0.05) is 0 Å². The van der Waals surface area contributed by atoms with E-state index in [0.29, 0.717) is 13.0 Å². The summed E-state index contributed by atoms with van der Waals surface area (Å²) in [4.78, 5) is 0. The van der Waals surface area contributed by atoms with Crippen molar-refractivity contribution in [3.63, 3.8) is 0 Å². The quantitative estimate of drug-likeness (QED) is 0.723. The van der Waals surface area contributed by atoms with Gasteiger partial charge >= 0.3 is 0 Å². The van der Waals surface area contributed by atoms with Gasteiger partial charge in [0.1, 0.15) is 6.61 Å². The van der Waals surface area contributed by atoms with E-state index in [2.05, 4.69) is 10.4 Å². The summed E-state index contributed by atoms with van der Waals surface area (Å²) < 4.78 is 30.3. The van der Waals surface area contributed by atoms with Crippen LogP contribution < -0.4 is 5.32 Å². The highest BCUT2D eigenvalue weighted by Crippen LogP contribution is 2.14. The molecule has 1 aromatic rings. The molecule has 92 valence electrons. The molecule has 0 aliphatic heterocycles. The van der Waals surface area contributed by atoms with E-state index in [1.165, 1.54) is 0 Å². The van der Waals surface area contributed by atoms with Gasteiger partial charge in [0.05, 0.1) is 11.7 Å². The van der Waals surface area contributed by atoms with Gasteiger partial charge in [-0.2, -0.15) is 5.10 Å². The highest BCUT2D eigenvalue weighted by molar-refractivity contribution is 5.06. The Kier molecular flexibility index (Phi) is 5.34. The van der Waals surface area contributed by atoms with Crippen LogP contribution in [0.15, 0.2) is 12.3 Å². The molecule has 0 aliphatic carbocycles. The van der Waals surface area contributed by atoms with E-state index >= 15 is 0 Å². The lowest BCUT2D eigenvalue weighted by atomic mass is 10.1. The van der Waals surface area contributed by atoms with Gasteiger partial charge in [-0.15, -0.1) is 0 Å². The van der Waals surface area contributed by atoms with Gasteiger partial charge < -0.3 is 10.1 Å². The first-order chi connectivity index (χ1) is 7.65. The second kappa shape index (κ2) is 6.55. The lowest BCUT2D eigenvalue weighted by Gasteiger charge is -2.16. The van der Waals surface area contributed by atoms with Crippen molar-refractivity contribution in [1.29, 1.82) is 0 Å². The number of aryl methyl sites for hydroxylation is 1. The van der Waals surface area contributed by atoms with Crippen LogP contribution in [0.5, 0.6) is 0 Å². The summed E-state index contributed by atoms with van der Waals surface area (Å²) in [5.41, 5.74) is 1.02. The number of nitrogens with zero attached hydrogens (tertiary/aromatic N) is 2. The number of alkyl halides is 2. The van der Waals surface area contributed by atoms with E-state index in [9.17, 15) is 8.78 Å². The maximum atomic E-state index is 11.8. The summed E-state index contributed by atoms with van der Waals surface area (Å²) >= 11 is 0. The second-order valence-electron chi connectivity index (χ2n) is 3.48. The normalized spacial score (nSPS) is 13.3. The molecule has 0 bridgehead atoms. The Morgan fingerprint density at radius 3 is 2.81 bits per heavy atom. The van der Waals surface area contributed by atoms with Crippen molar-refractivity contribution in [3.8, 4) is 0 Å². The molecule has 1 N–H and O–H groups in total. The molecule has 4 nitrogen and oxygen atoms in total. The summed E-state index contributed by atoms with van der Waals surface area (Å²) in [5, 5.41) is 7.16. The highest BCUT2D eigenvalue weighted by atomic mass is 19.3. The number of nitrogens with one attached hydrogen (secondary N) is 1. The molecule has 0 aliphatic rings. The van der Waals surface area contributed by atoms with Crippen molar-refractivity contribution in [2.75, 3.05) is 20.3 Å². The van der Waals surface area contributed by atoms with Gasteiger partial charge in [-0.05, 0) is 19.5 Å². The third kappa shape index (κ3) is 3.86. The average Bonchev–Trinajstić information content (AvgIpc) is 2.65. The fourth-order valence-corrected chi connectivity index (χ4v) is 1.54. The van der Waals surface area contributed by atoms with E-state index in [-0.39, 0.29) is 6.04 Å². The molecule has 0 fully saturated rings. The molecule has 0 radical (unpaired) electrons. The van der Waals surface area contributed by atoms with Gasteiger partial charge in [0, 0.05) is 19.9 Å². The molecule has 6 heteroatoms. The van der Waals surface area contributed by atoms with Crippen LogP contribution in [0, 0.1) is 0 Å². The Morgan fingerprint density at radius 2 is 2.31 bits per heavy atom. The molecule has 1 rings (SSSR count). The van der Waals surface area contributed by atoms with Crippen molar-refractivity contribution >= 4 is 0 Å². The average molecular weight is 233 g/mol. The lowest BCUT2D eigenvalue weighted by molar-refractivity contribution is 0.0143. The Hall–Kier alpha value is -1.01. The molecule has 0 spiro atoms. The monoisotopic (exact) mass is 233 g/mol. The van der Waals surface area contributed by atoms with Crippen LogP contribution in [0.4, 0.5) is 8.78 Å². The van der Waals surface area contributed by atoms with E-state index in [0.717, 1.165) is 5.69 Å². The van der Waals surface area contributed by atoms with Gasteiger partial charge in [0.25, 0.3) is 6.43 Å². The molecule has 16 heavy (non-hydrogen) atoms. The van der Waals surface area contributed by atoms with Crippen molar-refractivity contribution in [2.24, 2.45) is 7.05 Å². The number of ether oxygens (including phenoxy) is 1. The Bertz CT molecular complexity index is 304. The van der Waals surface area contributed by atoms with E-state index in [1.807, 2.05) is 20.2 Å². The van der Waals surface area contributed by atoms with Crippen LogP contribution in [0.2, 0.25) is 0 Å². The Balaban J connectivity index is 2.36. The molecule has 0 saturated heterocycles. The standard InChI is InChI=1S/C10H17F2N3O/c1-13-8(4-6-16-7-10(11)12)9-3-5-14-15(9)2/h3,5,8,10,13H,4,6-7H2,1-2H3. The first-order valence-corrected chi connectivity index (χ1v) is 5.16. The van der Waals surface area contributed by atoms with E-state index in [4.69, 9.17) is 4.74 Å². The third-order valence-corrected chi connectivity index (χ3v) is 2.36. The largest absolute Gasteiger partial charge is 0.375 e. The second-order valence-corrected chi connectivity index (χ2v) is 3.48. The summed E-state index contributed by atoms with van der Waals surface area (Å²) in [7, 11) is 3.67. The molecule has 0 amide bonds. The minimum Gasteiger partial charge on any atom is -0.375 e. The number of rotatable bonds is 7. The molecule has 1 aromatic heterocycles. The van der Waals surface area contributed by atoms with Crippen LogP contribution in [0.25, 0.3) is 0 Å². The summed E-state index contributed by atoms with van der Waals surface area (Å²) in [6.45, 7) is -0.192. The van der Waals surface area contributed by atoms with Crippen LogP contribution in [-0.4, -0.2) is 36.5 Å². The van der Waals surface area contributed by atoms with Crippen LogP contribution in [0.1, 0.15) is 18.2 Å². The minimum atomic E-state index is -2.40. The number of aromatic nitrogens is 2. The Morgan fingerprint density at radius 1 is 1.56 bits per heavy atom. The molecule has 1 heterocycles. The maximum Gasteiger partial charge on any atom is 0.261 e. The van der Waals surface area contributed by atoms with Crippen molar-refractivity contribution in [3.05, 3.63) is 18.0 Å². The summed E-state index contributed by atoms with van der Waals surface area (Å²) in [5.74, 6) is 0. The minimum absolute atomic E-state index is 0.0742. The molecule has 1 atom stereocenters. The highest BCUT2D eigenvalue weighted by Gasteiger charge is 2.12. The first-order valence-electron chi connectivity index (χ1n) is 5.16. The molecule has 0 saturated carbocycles. The number of hydrogen-bond acceptors (Lipinski definition) is 3. The smallest absolute Gasteiger partial charge is 0.261 e. The van der Waals surface area contributed by atoms with Crippen LogP contribution in [-0.2, 0) is 11.8 Å². The predicted octanol–water partition coefficient (Wildman–Crippen LogP) is 1.35. The van der Waals surface area contributed by atoms with Crippen molar-refractivity contribution in [2.45, 2.75) is 18.9 Å². The lowest BCUT2D eigenvalue weighted by Crippen LogP contribution is -2.21. The molecular weight excluding hydrogens is 216 g/mol. The van der Waals surface area contributed by atoms with Crippen molar-refractivity contribution < 1.29 is 13.5 Å². The predicted molar refractivity (Wildman–Crippen MR) is 56.4 cm³/mol. The fraction of sp³-hybridized carbons (Fsp3) is 0.700. The van der Waals surface area contributed by atoms with Gasteiger partial charge in [0.2, 0.25) is 0 Å². The fourth-order valence-electron chi connectivity index (χ4n) is 1.54. The first kappa shape index (κ1) is 13.1. The van der Waals surface area contributed by atoms with Crippen molar-refractivity contribution in [1.82, 2.24) is 15.1 Å².